The summed E-state index contributed by atoms with van der Waals surface area (Å²) in [5.41, 5.74) is -1.67. The van der Waals surface area contributed by atoms with E-state index in [2.05, 4.69) is 6.92 Å². The average Bonchev–Trinajstić information content (AvgIpc) is 3.00. The molecule has 0 aliphatic heterocycles. The number of unbranched alkanes of at least 4 members (excludes halogenated alkanes) is 15. The van der Waals surface area contributed by atoms with Crippen LogP contribution in [-0.4, -0.2) is 18.5 Å². The van der Waals surface area contributed by atoms with Gasteiger partial charge in [0.25, 0.3) is 0 Å². The first kappa shape index (κ1) is 36.2. The average molecular weight is 613 g/mol. The van der Waals surface area contributed by atoms with Gasteiger partial charge in [-0.2, -0.15) is 0 Å². The Hall–Kier alpha value is -2.97. The van der Waals surface area contributed by atoms with Crippen molar-refractivity contribution in [2.45, 2.75) is 123 Å². The second-order valence-corrected chi connectivity index (χ2v) is 11.0. The van der Waals surface area contributed by atoms with E-state index in [1.807, 2.05) is 0 Å². The van der Waals surface area contributed by atoms with E-state index in [-0.39, 0.29) is 17.7 Å². The van der Waals surface area contributed by atoms with Gasteiger partial charge in [0.2, 0.25) is 5.82 Å². The van der Waals surface area contributed by atoms with Gasteiger partial charge in [0.1, 0.15) is 6.10 Å². The number of halogens is 5. The summed E-state index contributed by atoms with van der Waals surface area (Å²) in [7, 11) is 0. The molecule has 0 bridgehead atoms. The molecule has 2 aromatic carbocycles. The normalized spacial score (nSPS) is 11.9. The van der Waals surface area contributed by atoms with Crippen LogP contribution in [0.2, 0.25) is 0 Å². The molecular weight excluding hydrogens is 567 g/mol. The number of benzene rings is 2. The molecule has 240 valence electrons. The van der Waals surface area contributed by atoms with Crippen LogP contribution in [0.25, 0.3) is 0 Å². The minimum Gasteiger partial charge on any atom is -0.462 e. The zero-order valence-corrected chi connectivity index (χ0v) is 25.4. The SMILES string of the molecule is CCCCCCCCCCCCCCCCCCOC(=O)c1ccccc1C(=O)OC(C)c1c(F)c(F)c(F)c(F)c1F. The molecule has 0 saturated carbocycles. The van der Waals surface area contributed by atoms with E-state index >= 15 is 0 Å². The first-order valence-electron chi connectivity index (χ1n) is 15.7. The second-order valence-electron chi connectivity index (χ2n) is 11.0. The fourth-order valence-electron chi connectivity index (χ4n) is 4.99. The molecule has 9 heteroatoms. The topological polar surface area (TPSA) is 52.6 Å². The third-order valence-electron chi connectivity index (χ3n) is 7.53. The Kier molecular flexibility index (Phi) is 16.9. The van der Waals surface area contributed by atoms with Gasteiger partial charge in [-0.25, -0.2) is 31.5 Å². The molecule has 0 saturated heterocycles. The molecule has 0 radical (unpaired) electrons. The van der Waals surface area contributed by atoms with Gasteiger partial charge in [-0.1, -0.05) is 115 Å². The first-order chi connectivity index (χ1) is 20.7. The molecule has 1 atom stereocenters. The van der Waals surface area contributed by atoms with Gasteiger partial charge in [0, 0.05) is 0 Å². The zero-order chi connectivity index (χ0) is 31.6. The molecule has 0 aromatic heterocycles. The molecule has 0 spiro atoms. The highest BCUT2D eigenvalue weighted by Gasteiger charge is 2.31. The standard InChI is InChI=1S/C34H45F5O4/c1-3-4-5-6-7-8-9-10-11-12-13-14-15-16-17-20-23-42-33(40)25-21-18-19-22-26(25)34(41)43-24(2)27-28(35)30(37)32(39)31(38)29(27)36/h18-19,21-22,24H,3-17,20,23H2,1-2H3. The van der Waals surface area contributed by atoms with Gasteiger partial charge in [-0.3, -0.25) is 0 Å². The molecule has 0 heterocycles. The summed E-state index contributed by atoms with van der Waals surface area (Å²) < 4.78 is 79.0. The number of esters is 2. The van der Waals surface area contributed by atoms with Crippen molar-refractivity contribution in [2.24, 2.45) is 0 Å². The minimum absolute atomic E-state index is 0.131. The molecule has 2 aromatic rings. The van der Waals surface area contributed by atoms with E-state index in [1.54, 1.807) is 0 Å². The summed E-state index contributed by atoms with van der Waals surface area (Å²) in [6.07, 6.45) is 17.7. The van der Waals surface area contributed by atoms with Crippen LogP contribution >= 0.6 is 0 Å². The second kappa shape index (κ2) is 20.1. The van der Waals surface area contributed by atoms with Gasteiger partial charge < -0.3 is 9.47 Å². The Balaban J connectivity index is 1.67. The first-order valence-corrected chi connectivity index (χ1v) is 15.7. The highest BCUT2D eigenvalue weighted by atomic mass is 19.2. The third-order valence-corrected chi connectivity index (χ3v) is 7.53. The van der Waals surface area contributed by atoms with E-state index in [0.717, 1.165) is 26.2 Å². The van der Waals surface area contributed by atoms with Crippen LogP contribution in [0.4, 0.5) is 22.0 Å². The van der Waals surface area contributed by atoms with E-state index in [1.165, 1.54) is 101 Å². The van der Waals surface area contributed by atoms with Crippen molar-refractivity contribution in [2.75, 3.05) is 6.61 Å². The number of hydrogen-bond donors (Lipinski definition) is 0. The third kappa shape index (κ3) is 11.9. The van der Waals surface area contributed by atoms with Crippen LogP contribution in [0.3, 0.4) is 0 Å². The van der Waals surface area contributed by atoms with Gasteiger partial charge in [0.05, 0.1) is 23.3 Å². The fourth-order valence-corrected chi connectivity index (χ4v) is 4.99. The van der Waals surface area contributed by atoms with Crippen LogP contribution in [-0.2, 0) is 9.47 Å². The van der Waals surface area contributed by atoms with Gasteiger partial charge >= 0.3 is 11.9 Å². The number of hydrogen-bond acceptors (Lipinski definition) is 4. The summed E-state index contributed by atoms with van der Waals surface area (Å²) in [5.74, 6) is -12.7. The van der Waals surface area contributed by atoms with Gasteiger partial charge in [-0.05, 0) is 25.5 Å². The highest BCUT2D eigenvalue weighted by molar-refractivity contribution is 6.03. The maximum atomic E-state index is 14.1. The summed E-state index contributed by atoms with van der Waals surface area (Å²) in [4.78, 5) is 25.3. The quantitative estimate of drug-likeness (QED) is 0.0463. The van der Waals surface area contributed by atoms with E-state index in [0.29, 0.717) is 6.42 Å². The van der Waals surface area contributed by atoms with Gasteiger partial charge in [-0.15, -0.1) is 0 Å². The smallest absolute Gasteiger partial charge is 0.339 e. The predicted octanol–water partition coefficient (Wildman–Crippen LogP) is 10.7. The Morgan fingerprint density at radius 3 is 1.40 bits per heavy atom. The van der Waals surface area contributed by atoms with Crippen molar-refractivity contribution in [1.29, 1.82) is 0 Å². The molecule has 0 amide bonds. The summed E-state index contributed by atoms with van der Waals surface area (Å²) in [6.45, 7) is 3.36. The Bertz CT molecular complexity index is 1120. The maximum Gasteiger partial charge on any atom is 0.339 e. The van der Waals surface area contributed by atoms with Crippen molar-refractivity contribution in [3.05, 3.63) is 70.0 Å². The lowest BCUT2D eigenvalue weighted by atomic mass is 10.0. The molecule has 0 aliphatic carbocycles. The summed E-state index contributed by atoms with van der Waals surface area (Å²) in [6, 6.07) is 5.51. The molecule has 0 N–H and O–H groups in total. The van der Waals surface area contributed by atoms with E-state index in [9.17, 15) is 31.5 Å². The Morgan fingerprint density at radius 1 is 0.581 bits per heavy atom. The predicted molar refractivity (Wildman–Crippen MR) is 156 cm³/mol. The van der Waals surface area contributed by atoms with Crippen molar-refractivity contribution in [1.82, 2.24) is 0 Å². The fraction of sp³-hybridized carbons (Fsp3) is 0.588. The molecule has 1 unspecified atom stereocenters. The lowest BCUT2D eigenvalue weighted by Gasteiger charge is -2.17. The van der Waals surface area contributed by atoms with E-state index in [4.69, 9.17) is 9.47 Å². The molecule has 43 heavy (non-hydrogen) atoms. The Labute approximate surface area is 252 Å². The highest BCUT2D eigenvalue weighted by Crippen LogP contribution is 2.30. The number of ether oxygens (including phenoxy) is 2. The minimum atomic E-state index is -2.31. The van der Waals surface area contributed by atoms with Crippen LogP contribution in [0, 0.1) is 29.1 Å². The van der Waals surface area contributed by atoms with Crippen LogP contribution in [0.1, 0.15) is 149 Å². The molecule has 0 fully saturated rings. The molecule has 0 aliphatic rings. The monoisotopic (exact) mass is 612 g/mol. The van der Waals surface area contributed by atoms with Crippen molar-refractivity contribution in [3.63, 3.8) is 0 Å². The van der Waals surface area contributed by atoms with E-state index < -0.39 is 52.7 Å². The van der Waals surface area contributed by atoms with Crippen molar-refractivity contribution in [3.8, 4) is 0 Å². The number of rotatable bonds is 21. The van der Waals surface area contributed by atoms with Crippen LogP contribution < -0.4 is 0 Å². The van der Waals surface area contributed by atoms with Crippen molar-refractivity contribution >= 4 is 11.9 Å². The number of carbonyl (C=O) groups excluding carboxylic acids is 2. The molecular formula is C34H45F5O4. The largest absolute Gasteiger partial charge is 0.462 e. The lowest BCUT2D eigenvalue weighted by molar-refractivity contribution is 0.0307. The lowest BCUT2D eigenvalue weighted by Crippen LogP contribution is -2.18. The maximum absolute atomic E-state index is 14.1. The molecule has 2 rings (SSSR count). The van der Waals surface area contributed by atoms with Crippen LogP contribution in [0.15, 0.2) is 24.3 Å². The summed E-state index contributed by atoms with van der Waals surface area (Å²) >= 11 is 0. The van der Waals surface area contributed by atoms with Crippen molar-refractivity contribution < 1.29 is 41.0 Å². The summed E-state index contributed by atoms with van der Waals surface area (Å²) in [5, 5.41) is 0. The van der Waals surface area contributed by atoms with Crippen LogP contribution in [0.5, 0.6) is 0 Å². The number of carbonyl (C=O) groups is 2. The van der Waals surface area contributed by atoms with Gasteiger partial charge in [0.15, 0.2) is 23.3 Å². The zero-order valence-electron chi connectivity index (χ0n) is 25.4. The molecule has 4 nitrogen and oxygen atoms in total. The Morgan fingerprint density at radius 2 is 0.953 bits per heavy atom.